The maximum Gasteiger partial charge on any atom is 0.183 e. The standard InChI is InChI=1S/C13H14F2N2O/c1-18-10-4-6-17(7-5-10)11-3-2-9(8-16)12(14)13(11)15/h2-3,10H,4-7H2,1H3. The van der Waals surface area contributed by atoms with Crippen LogP contribution in [-0.4, -0.2) is 26.3 Å². The Morgan fingerprint density at radius 2 is 1.94 bits per heavy atom. The van der Waals surface area contributed by atoms with Crippen molar-refractivity contribution in [3.8, 4) is 6.07 Å². The number of anilines is 1. The Kier molecular flexibility index (Phi) is 3.78. The minimum Gasteiger partial charge on any atom is -0.381 e. The van der Waals surface area contributed by atoms with Crippen LogP contribution in [0.2, 0.25) is 0 Å². The van der Waals surface area contributed by atoms with Crippen LogP contribution in [0, 0.1) is 23.0 Å². The van der Waals surface area contributed by atoms with E-state index in [4.69, 9.17) is 10.00 Å². The van der Waals surface area contributed by atoms with Crippen molar-refractivity contribution in [3.63, 3.8) is 0 Å². The van der Waals surface area contributed by atoms with E-state index < -0.39 is 11.6 Å². The number of hydrogen-bond acceptors (Lipinski definition) is 3. The highest BCUT2D eigenvalue weighted by Gasteiger charge is 2.23. The molecule has 1 aromatic rings. The summed E-state index contributed by atoms with van der Waals surface area (Å²) in [4.78, 5) is 1.79. The molecule has 3 nitrogen and oxygen atoms in total. The highest BCUT2D eigenvalue weighted by Crippen LogP contribution is 2.27. The summed E-state index contributed by atoms with van der Waals surface area (Å²) in [5.74, 6) is -2.01. The van der Waals surface area contributed by atoms with Crippen LogP contribution in [0.5, 0.6) is 0 Å². The zero-order valence-corrected chi connectivity index (χ0v) is 10.1. The normalized spacial score (nSPS) is 16.7. The summed E-state index contributed by atoms with van der Waals surface area (Å²) in [6.45, 7) is 1.25. The Hall–Kier alpha value is -1.67. The van der Waals surface area contributed by atoms with Gasteiger partial charge in [0.2, 0.25) is 0 Å². The van der Waals surface area contributed by atoms with Crippen LogP contribution in [0.4, 0.5) is 14.5 Å². The predicted octanol–water partition coefficient (Wildman–Crippen LogP) is 2.45. The number of nitriles is 1. The Bertz CT molecular complexity index is 477. The molecule has 18 heavy (non-hydrogen) atoms. The lowest BCUT2D eigenvalue weighted by atomic mass is 10.1. The van der Waals surface area contributed by atoms with Crippen molar-refractivity contribution in [1.29, 1.82) is 5.26 Å². The number of piperidine rings is 1. The molecule has 96 valence electrons. The molecular formula is C13H14F2N2O. The third kappa shape index (κ3) is 2.29. The van der Waals surface area contributed by atoms with Gasteiger partial charge in [0, 0.05) is 20.2 Å². The summed E-state index contributed by atoms with van der Waals surface area (Å²) in [5.41, 5.74) is -0.0379. The fraction of sp³-hybridized carbons (Fsp3) is 0.462. The highest BCUT2D eigenvalue weighted by atomic mass is 19.2. The Labute approximate surface area is 105 Å². The van der Waals surface area contributed by atoms with E-state index in [9.17, 15) is 8.78 Å². The van der Waals surface area contributed by atoms with Crippen molar-refractivity contribution >= 4 is 5.69 Å². The molecule has 0 aliphatic carbocycles. The Morgan fingerprint density at radius 3 is 2.50 bits per heavy atom. The highest BCUT2D eigenvalue weighted by molar-refractivity contribution is 5.52. The van der Waals surface area contributed by atoms with Crippen molar-refractivity contribution in [2.45, 2.75) is 18.9 Å². The average molecular weight is 252 g/mol. The quantitative estimate of drug-likeness (QED) is 0.811. The van der Waals surface area contributed by atoms with Crippen LogP contribution in [0.3, 0.4) is 0 Å². The van der Waals surface area contributed by atoms with E-state index in [0.717, 1.165) is 12.8 Å². The first-order valence-corrected chi connectivity index (χ1v) is 5.83. The van der Waals surface area contributed by atoms with Gasteiger partial charge in [-0.05, 0) is 25.0 Å². The summed E-state index contributed by atoms with van der Waals surface area (Å²) >= 11 is 0. The number of methoxy groups -OCH3 is 1. The fourth-order valence-electron chi connectivity index (χ4n) is 2.20. The van der Waals surface area contributed by atoms with Gasteiger partial charge in [-0.2, -0.15) is 5.26 Å². The molecule has 1 saturated heterocycles. The fourth-order valence-corrected chi connectivity index (χ4v) is 2.20. The SMILES string of the molecule is COC1CCN(c2ccc(C#N)c(F)c2F)CC1. The van der Waals surface area contributed by atoms with E-state index in [-0.39, 0.29) is 17.4 Å². The zero-order valence-electron chi connectivity index (χ0n) is 10.1. The second kappa shape index (κ2) is 5.32. The third-order valence-electron chi connectivity index (χ3n) is 3.30. The molecule has 2 rings (SSSR count). The second-order valence-corrected chi connectivity index (χ2v) is 4.29. The van der Waals surface area contributed by atoms with Gasteiger partial charge < -0.3 is 9.64 Å². The predicted molar refractivity (Wildman–Crippen MR) is 63.3 cm³/mol. The minimum atomic E-state index is -1.07. The maximum absolute atomic E-state index is 13.8. The number of benzene rings is 1. The number of ether oxygens (including phenoxy) is 1. The lowest BCUT2D eigenvalue weighted by molar-refractivity contribution is 0.0818. The third-order valence-corrected chi connectivity index (χ3v) is 3.30. The summed E-state index contributed by atoms with van der Waals surface area (Å²) in [6, 6.07) is 4.41. The summed E-state index contributed by atoms with van der Waals surface area (Å²) in [5, 5.41) is 8.62. The number of halogens is 2. The van der Waals surface area contributed by atoms with E-state index in [0.29, 0.717) is 13.1 Å². The molecule has 1 aliphatic heterocycles. The van der Waals surface area contributed by atoms with E-state index >= 15 is 0 Å². The van der Waals surface area contributed by atoms with E-state index in [1.54, 1.807) is 18.1 Å². The smallest absolute Gasteiger partial charge is 0.183 e. The molecular weight excluding hydrogens is 238 g/mol. The van der Waals surface area contributed by atoms with Gasteiger partial charge in [0.1, 0.15) is 6.07 Å². The van der Waals surface area contributed by atoms with Gasteiger partial charge in [-0.25, -0.2) is 8.78 Å². The number of rotatable bonds is 2. The van der Waals surface area contributed by atoms with E-state index in [2.05, 4.69) is 0 Å². The molecule has 0 spiro atoms. The molecule has 0 atom stereocenters. The molecule has 1 fully saturated rings. The molecule has 0 unspecified atom stereocenters. The summed E-state index contributed by atoms with van der Waals surface area (Å²) in [7, 11) is 1.66. The first-order valence-electron chi connectivity index (χ1n) is 5.83. The maximum atomic E-state index is 13.8. The minimum absolute atomic E-state index is 0.188. The van der Waals surface area contributed by atoms with Crippen LogP contribution in [0.25, 0.3) is 0 Å². The largest absolute Gasteiger partial charge is 0.381 e. The molecule has 0 radical (unpaired) electrons. The topological polar surface area (TPSA) is 36.3 Å². The molecule has 0 amide bonds. The van der Waals surface area contributed by atoms with Gasteiger partial charge in [0.25, 0.3) is 0 Å². The van der Waals surface area contributed by atoms with Crippen LogP contribution < -0.4 is 4.90 Å². The summed E-state index contributed by atoms with van der Waals surface area (Å²) < 4.78 is 32.6. The molecule has 5 heteroatoms. The first-order chi connectivity index (χ1) is 8.67. The van der Waals surface area contributed by atoms with Gasteiger partial charge in [-0.3, -0.25) is 0 Å². The lowest BCUT2D eigenvalue weighted by Crippen LogP contribution is -2.37. The average Bonchev–Trinajstić information content (AvgIpc) is 2.42. The van der Waals surface area contributed by atoms with Crippen LogP contribution in [0.1, 0.15) is 18.4 Å². The molecule has 1 aliphatic rings. The molecule has 0 aromatic heterocycles. The molecule has 0 bridgehead atoms. The molecule has 1 heterocycles. The van der Waals surface area contributed by atoms with Crippen molar-refractivity contribution in [2.75, 3.05) is 25.1 Å². The molecule has 0 N–H and O–H groups in total. The first kappa shape index (κ1) is 12.8. The van der Waals surface area contributed by atoms with E-state index in [1.165, 1.54) is 12.1 Å². The van der Waals surface area contributed by atoms with Crippen molar-refractivity contribution in [1.82, 2.24) is 0 Å². The number of nitrogens with zero attached hydrogens (tertiary/aromatic N) is 2. The molecule has 1 aromatic carbocycles. The van der Waals surface area contributed by atoms with Gasteiger partial charge in [-0.15, -0.1) is 0 Å². The Balaban J connectivity index is 2.20. The monoisotopic (exact) mass is 252 g/mol. The van der Waals surface area contributed by atoms with Crippen molar-refractivity contribution < 1.29 is 13.5 Å². The summed E-state index contributed by atoms with van der Waals surface area (Å²) in [6.07, 6.45) is 1.77. The van der Waals surface area contributed by atoms with Gasteiger partial charge in [0.05, 0.1) is 17.4 Å². The van der Waals surface area contributed by atoms with Crippen molar-refractivity contribution in [2.24, 2.45) is 0 Å². The van der Waals surface area contributed by atoms with Crippen LogP contribution >= 0.6 is 0 Å². The van der Waals surface area contributed by atoms with Crippen molar-refractivity contribution in [3.05, 3.63) is 29.3 Å². The van der Waals surface area contributed by atoms with E-state index in [1.807, 2.05) is 0 Å². The molecule has 0 saturated carbocycles. The van der Waals surface area contributed by atoms with Gasteiger partial charge >= 0.3 is 0 Å². The number of hydrogen-bond donors (Lipinski definition) is 0. The van der Waals surface area contributed by atoms with Gasteiger partial charge in [0.15, 0.2) is 11.6 Å². The second-order valence-electron chi connectivity index (χ2n) is 4.29. The van der Waals surface area contributed by atoms with Crippen LogP contribution in [-0.2, 0) is 4.74 Å². The zero-order chi connectivity index (χ0) is 13.1. The van der Waals surface area contributed by atoms with Crippen LogP contribution in [0.15, 0.2) is 12.1 Å². The lowest BCUT2D eigenvalue weighted by Gasteiger charge is -2.33. The van der Waals surface area contributed by atoms with Gasteiger partial charge in [-0.1, -0.05) is 0 Å². The Morgan fingerprint density at radius 1 is 1.28 bits per heavy atom.